The van der Waals surface area contributed by atoms with Crippen molar-refractivity contribution in [2.24, 2.45) is 4.99 Å². The number of likely N-dealkylation sites (tertiary alicyclic amines) is 1. The van der Waals surface area contributed by atoms with Gasteiger partial charge in [0.05, 0.1) is 6.26 Å². The molecule has 1 aromatic heterocycles. The highest BCUT2D eigenvalue weighted by Gasteiger charge is 2.17. The van der Waals surface area contributed by atoms with E-state index in [1.165, 1.54) is 0 Å². The van der Waals surface area contributed by atoms with Gasteiger partial charge in [0.2, 0.25) is 5.91 Å². The Morgan fingerprint density at radius 1 is 1.36 bits per heavy atom. The molecule has 1 aromatic rings. The molecule has 6 heteroatoms. The summed E-state index contributed by atoms with van der Waals surface area (Å²) in [7, 11) is 0. The molecule has 6 nitrogen and oxygen atoms in total. The van der Waals surface area contributed by atoms with Crippen LogP contribution in [0.5, 0.6) is 0 Å². The molecular weight excluding hydrogens is 280 g/mol. The molecule has 1 aliphatic heterocycles. The summed E-state index contributed by atoms with van der Waals surface area (Å²) in [6, 6.07) is 3.83. The van der Waals surface area contributed by atoms with E-state index in [0.29, 0.717) is 19.5 Å². The zero-order valence-electron chi connectivity index (χ0n) is 13.3. The van der Waals surface area contributed by atoms with E-state index in [2.05, 4.69) is 15.6 Å². The first kappa shape index (κ1) is 16.4. The van der Waals surface area contributed by atoms with Crippen LogP contribution in [0.25, 0.3) is 0 Å². The highest BCUT2D eigenvalue weighted by molar-refractivity contribution is 5.81. The molecule has 0 aromatic carbocycles. The Morgan fingerprint density at radius 3 is 2.86 bits per heavy atom. The molecule has 0 radical (unpaired) electrons. The highest BCUT2D eigenvalue weighted by atomic mass is 16.3. The highest BCUT2D eigenvalue weighted by Crippen LogP contribution is 2.08. The summed E-state index contributed by atoms with van der Waals surface area (Å²) in [4.78, 5) is 18.4. The van der Waals surface area contributed by atoms with Crippen molar-refractivity contribution in [1.82, 2.24) is 15.5 Å². The number of rotatable bonds is 7. The molecule has 1 saturated heterocycles. The minimum Gasteiger partial charge on any atom is -0.469 e. The van der Waals surface area contributed by atoms with Gasteiger partial charge in [-0.3, -0.25) is 9.79 Å². The minimum absolute atomic E-state index is 0.233. The van der Waals surface area contributed by atoms with Crippen LogP contribution < -0.4 is 10.6 Å². The van der Waals surface area contributed by atoms with E-state index in [-0.39, 0.29) is 5.91 Å². The molecule has 22 heavy (non-hydrogen) atoms. The van der Waals surface area contributed by atoms with E-state index >= 15 is 0 Å². The summed E-state index contributed by atoms with van der Waals surface area (Å²) in [5, 5.41) is 6.41. The number of aliphatic imine (C=N–C) groups is 1. The molecular formula is C16H26N4O2. The normalized spacial score (nSPS) is 15.1. The van der Waals surface area contributed by atoms with Gasteiger partial charge in [0.15, 0.2) is 5.96 Å². The number of nitrogens with one attached hydrogen (secondary N) is 2. The average Bonchev–Trinajstić information content (AvgIpc) is 3.20. The van der Waals surface area contributed by atoms with Gasteiger partial charge in [-0.1, -0.05) is 0 Å². The smallest absolute Gasteiger partial charge is 0.224 e. The summed E-state index contributed by atoms with van der Waals surface area (Å²) in [5.74, 6) is 1.92. The van der Waals surface area contributed by atoms with Crippen molar-refractivity contribution in [3.63, 3.8) is 0 Å². The lowest BCUT2D eigenvalue weighted by atomic mass is 10.3. The fourth-order valence-corrected chi connectivity index (χ4v) is 2.49. The lowest BCUT2D eigenvalue weighted by Crippen LogP contribution is -2.39. The van der Waals surface area contributed by atoms with Crippen LogP contribution in [0.2, 0.25) is 0 Å². The van der Waals surface area contributed by atoms with Gasteiger partial charge in [-0.05, 0) is 31.9 Å². The maximum atomic E-state index is 12.0. The van der Waals surface area contributed by atoms with Crippen molar-refractivity contribution in [3.8, 4) is 0 Å². The predicted octanol–water partition coefficient (Wildman–Crippen LogP) is 1.39. The molecule has 1 fully saturated rings. The van der Waals surface area contributed by atoms with Gasteiger partial charge in [0.1, 0.15) is 5.76 Å². The molecule has 122 valence electrons. The number of carbonyl (C=O) groups excluding carboxylic acids is 1. The Balaban J connectivity index is 1.69. The van der Waals surface area contributed by atoms with Crippen molar-refractivity contribution in [3.05, 3.63) is 24.2 Å². The van der Waals surface area contributed by atoms with Crippen molar-refractivity contribution in [2.45, 2.75) is 32.6 Å². The van der Waals surface area contributed by atoms with Crippen LogP contribution in [0.15, 0.2) is 27.8 Å². The van der Waals surface area contributed by atoms with Crippen molar-refractivity contribution in [1.29, 1.82) is 0 Å². The fourth-order valence-electron chi connectivity index (χ4n) is 2.49. The summed E-state index contributed by atoms with van der Waals surface area (Å²) in [5.41, 5.74) is 0. The quantitative estimate of drug-likeness (QED) is 0.590. The number of nitrogens with zero attached hydrogens (tertiary/aromatic N) is 2. The third-order valence-corrected chi connectivity index (χ3v) is 3.64. The minimum atomic E-state index is 0.233. The van der Waals surface area contributed by atoms with Gasteiger partial charge in [0.25, 0.3) is 0 Å². The zero-order valence-corrected chi connectivity index (χ0v) is 13.3. The SMILES string of the molecule is CCNC(=NCCc1ccco1)NCCC(=O)N1CCCC1. The fraction of sp³-hybridized carbons (Fsp3) is 0.625. The summed E-state index contributed by atoms with van der Waals surface area (Å²) in [6.07, 6.45) is 5.23. The topological polar surface area (TPSA) is 69.9 Å². The zero-order chi connectivity index (χ0) is 15.6. The van der Waals surface area contributed by atoms with Crippen molar-refractivity contribution in [2.75, 3.05) is 32.7 Å². The molecule has 2 heterocycles. The van der Waals surface area contributed by atoms with Gasteiger partial charge in [0, 0.05) is 45.6 Å². The van der Waals surface area contributed by atoms with E-state index in [9.17, 15) is 4.79 Å². The van der Waals surface area contributed by atoms with Crippen LogP contribution in [-0.4, -0.2) is 49.5 Å². The Labute approximate surface area is 132 Å². The lowest BCUT2D eigenvalue weighted by molar-refractivity contribution is -0.129. The third-order valence-electron chi connectivity index (χ3n) is 3.64. The molecule has 0 atom stereocenters. The summed E-state index contributed by atoms with van der Waals surface area (Å²) >= 11 is 0. The Morgan fingerprint density at radius 2 is 2.18 bits per heavy atom. The first-order valence-electron chi connectivity index (χ1n) is 8.12. The largest absolute Gasteiger partial charge is 0.469 e. The molecule has 0 spiro atoms. The number of amides is 1. The first-order valence-corrected chi connectivity index (χ1v) is 8.12. The Kier molecular flexibility index (Phi) is 6.80. The van der Waals surface area contributed by atoms with Gasteiger partial charge in [-0.15, -0.1) is 0 Å². The maximum Gasteiger partial charge on any atom is 0.224 e. The van der Waals surface area contributed by atoms with E-state index < -0.39 is 0 Å². The second kappa shape index (κ2) is 9.12. The van der Waals surface area contributed by atoms with Gasteiger partial charge < -0.3 is 20.0 Å². The van der Waals surface area contributed by atoms with Crippen LogP contribution in [-0.2, 0) is 11.2 Å². The lowest BCUT2D eigenvalue weighted by Gasteiger charge is -2.16. The maximum absolute atomic E-state index is 12.0. The number of hydrogen-bond acceptors (Lipinski definition) is 3. The Hall–Kier alpha value is -1.98. The van der Waals surface area contributed by atoms with Crippen LogP contribution in [0, 0.1) is 0 Å². The standard InChI is InChI=1S/C16H26N4O2/c1-2-17-16(18-9-7-14-6-5-13-22-14)19-10-8-15(21)20-11-3-4-12-20/h5-6,13H,2-4,7-12H2,1H3,(H2,17,18,19). The average molecular weight is 306 g/mol. The molecule has 2 rings (SSSR count). The monoisotopic (exact) mass is 306 g/mol. The number of guanidine groups is 1. The van der Waals surface area contributed by atoms with Crippen LogP contribution >= 0.6 is 0 Å². The molecule has 0 saturated carbocycles. The number of carbonyl (C=O) groups is 1. The molecule has 1 amide bonds. The van der Waals surface area contributed by atoms with Crippen LogP contribution in [0.1, 0.15) is 31.9 Å². The second-order valence-electron chi connectivity index (χ2n) is 5.35. The first-order chi connectivity index (χ1) is 10.8. The van der Waals surface area contributed by atoms with Crippen LogP contribution in [0.4, 0.5) is 0 Å². The molecule has 1 aliphatic rings. The van der Waals surface area contributed by atoms with Gasteiger partial charge in [-0.25, -0.2) is 0 Å². The number of hydrogen-bond donors (Lipinski definition) is 2. The van der Waals surface area contributed by atoms with Gasteiger partial charge >= 0.3 is 0 Å². The Bertz CT molecular complexity index is 465. The number of furan rings is 1. The summed E-state index contributed by atoms with van der Waals surface area (Å²) in [6.45, 7) is 5.92. The van der Waals surface area contributed by atoms with Crippen molar-refractivity contribution >= 4 is 11.9 Å². The summed E-state index contributed by atoms with van der Waals surface area (Å²) < 4.78 is 5.28. The van der Waals surface area contributed by atoms with E-state index in [0.717, 1.165) is 50.6 Å². The van der Waals surface area contributed by atoms with Gasteiger partial charge in [-0.2, -0.15) is 0 Å². The predicted molar refractivity (Wildman–Crippen MR) is 86.8 cm³/mol. The van der Waals surface area contributed by atoms with E-state index in [1.54, 1.807) is 6.26 Å². The molecule has 0 unspecified atom stereocenters. The van der Waals surface area contributed by atoms with E-state index in [4.69, 9.17) is 4.42 Å². The second-order valence-corrected chi connectivity index (χ2v) is 5.35. The van der Waals surface area contributed by atoms with E-state index in [1.807, 2.05) is 24.0 Å². The molecule has 0 bridgehead atoms. The van der Waals surface area contributed by atoms with Crippen LogP contribution in [0.3, 0.4) is 0 Å². The molecule has 0 aliphatic carbocycles. The van der Waals surface area contributed by atoms with Crippen molar-refractivity contribution < 1.29 is 9.21 Å². The molecule has 2 N–H and O–H groups in total. The third kappa shape index (κ3) is 5.42.